The Morgan fingerprint density at radius 2 is 2.07 bits per heavy atom. The largest absolute Gasteiger partial charge is 0.393 e. The van der Waals surface area contributed by atoms with E-state index in [-0.39, 0.29) is 6.10 Å². The number of nitrogens with one attached hydrogen (secondary N) is 1. The fourth-order valence-electron chi connectivity index (χ4n) is 2.04. The van der Waals surface area contributed by atoms with Gasteiger partial charge in [-0.2, -0.15) is 0 Å². The first-order valence-electron chi connectivity index (χ1n) is 5.39. The van der Waals surface area contributed by atoms with Crippen molar-refractivity contribution in [3.63, 3.8) is 0 Å². The molecule has 0 bridgehead atoms. The molecule has 1 heterocycles. The Hall–Kier alpha value is -0.380. The highest BCUT2D eigenvalue weighted by Crippen LogP contribution is 2.18. The SMILES string of the molecule is OC1CCNCC1Cc1ccc(Br)cc1. The van der Waals surface area contributed by atoms with Gasteiger partial charge in [-0.25, -0.2) is 0 Å². The Morgan fingerprint density at radius 3 is 2.73 bits per heavy atom. The van der Waals surface area contributed by atoms with Crippen LogP contribution in [0.25, 0.3) is 0 Å². The third-order valence-electron chi connectivity index (χ3n) is 2.98. The fourth-order valence-corrected chi connectivity index (χ4v) is 2.30. The molecule has 1 aliphatic rings. The zero-order valence-electron chi connectivity index (χ0n) is 8.62. The van der Waals surface area contributed by atoms with E-state index in [1.807, 2.05) is 0 Å². The van der Waals surface area contributed by atoms with Gasteiger partial charge < -0.3 is 10.4 Å². The fraction of sp³-hybridized carbons (Fsp3) is 0.500. The maximum Gasteiger partial charge on any atom is 0.0595 e. The monoisotopic (exact) mass is 269 g/mol. The molecule has 0 aromatic heterocycles. The van der Waals surface area contributed by atoms with Crippen LogP contribution in [0.1, 0.15) is 12.0 Å². The normalized spacial score (nSPS) is 26.5. The third-order valence-corrected chi connectivity index (χ3v) is 3.51. The lowest BCUT2D eigenvalue weighted by Gasteiger charge is -2.28. The van der Waals surface area contributed by atoms with E-state index in [2.05, 4.69) is 45.5 Å². The molecule has 2 N–H and O–H groups in total. The van der Waals surface area contributed by atoms with Crippen molar-refractivity contribution in [1.82, 2.24) is 5.32 Å². The number of aliphatic hydroxyl groups is 1. The van der Waals surface area contributed by atoms with E-state index < -0.39 is 0 Å². The average molecular weight is 270 g/mol. The van der Waals surface area contributed by atoms with Gasteiger partial charge in [-0.15, -0.1) is 0 Å². The summed E-state index contributed by atoms with van der Waals surface area (Å²) in [6, 6.07) is 8.34. The van der Waals surface area contributed by atoms with Gasteiger partial charge in [0.25, 0.3) is 0 Å². The molecule has 82 valence electrons. The molecule has 2 rings (SSSR count). The van der Waals surface area contributed by atoms with Crippen molar-refractivity contribution in [2.75, 3.05) is 13.1 Å². The number of halogens is 1. The highest BCUT2D eigenvalue weighted by atomic mass is 79.9. The van der Waals surface area contributed by atoms with Crippen LogP contribution in [-0.4, -0.2) is 24.3 Å². The number of piperidine rings is 1. The Labute approximate surface area is 98.8 Å². The number of rotatable bonds is 2. The summed E-state index contributed by atoms with van der Waals surface area (Å²) in [4.78, 5) is 0. The predicted molar refractivity (Wildman–Crippen MR) is 64.8 cm³/mol. The lowest BCUT2D eigenvalue weighted by molar-refractivity contribution is 0.0791. The molecule has 1 fully saturated rings. The Balaban J connectivity index is 1.98. The van der Waals surface area contributed by atoms with E-state index >= 15 is 0 Å². The summed E-state index contributed by atoms with van der Waals surface area (Å²) in [7, 11) is 0. The molecular formula is C12H16BrNO. The van der Waals surface area contributed by atoms with E-state index in [4.69, 9.17) is 0 Å². The zero-order chi connectivity index (χ0) is 10.7. The molecular weight excluding hydrogens is 254 g/mol. The molecule has 2 unspecified atom stereocenters. The first-order valence-corrected chi connectivity index (χ1v) is 6.18. The van der Waals surface area contributed by atoms with Gasteiger partial charge in [0, 0.05) is 16.9 Å². The molecule has 0 saturated carbocycles. The second-order valence-corrected chi connectivity index (χ2v) is 5.07. The number of benzene rings is 1. The van der Waals surface area contributed by atoms with Crippen molar-refractivity contribution in [2.45, 2.75) is 18.9 Å². The molecule has 3 heteroatoms. The molecule has 0 aliphatic carbocycles. The van der Waals surface area contributed by atoms with Crippen molar-refractivity contribution >= 4 is 15.9 Å². The minimum atomic E-state index is -0.144. The first-order chi connectivity index (χ1) is 7.25. The quantitative estimate of drug-likeness (QED) is 0.861. The number of hydrogen-bond donors (Lipinski definition) is 2. The first kappa shape index (κ1) is 11.1. The standard InChI is InChI=1S/C12H16BrNO/c13-11-3-1-9(2-4-11)7-10-8-14-6-5-12(10)15/h1-4,10,12,14-15H,5-8H2. The molecule has 15 heavy (non-hydrogen) atoms. The Kier molecular flexibility index (Phi) is 3.78. The van der Waals surface area contributed by atoms with Gasteiger partial charge >= 0.3 is 0 Å². The minimum Gasteiger partial charge on any atom is -0.393 e. The number of aliphatic hydroxyl groups excluding tert-OH is 1. The van der Waals surface area contributed by atoms with Gasteiger partial charge in [0.1, 0.15) is 0 Å². The van der Waals surface area contributed by atoms with Gasteiger partial charge in [-0.3, -0.25) is 0 Å². The predicted octanol–water partition coefficient (Wildman–Crippen LogP) is 1.96. The van der Waals surface area contributed by atoms with Crippen molar-refractivity contribution < 1.29 is 5.11 Å². The van der Waals surface area contributed by atoms with Crippen molar-refractivity contribution in [3.05, 3.63) is 34.3 Å². The highest BCUT2D eigenvalue weighted by Gasteiger charge is 2.22. The molecule has 0 radical (unpaired) electrons. The highest BCUT2D eigenvalue weighted by molar-refractivity contribution is 9.10. The molecule has 0 spiro atoms. The molecule has 1 aromatic rings. The lowest BCUT2D eigenvalue weighted by Crippen LogP contribution is -2.40. The molecule has 1 aromatic carbocycles. The van der Waals surface area contributed by atoms with Gasteiger partial charge in [-0.05, 0) is 37.1 Å². The maximum atomic E-state index is 9.84. The lowest BCUT2D eigenvalue weighted by atomic mass is 9.90. The van der Waals surface area contributed by atoms with Gasteiger partial charge in [0.2, 0.25) is 0 Å². The number of hydrogen-bond acceptors (Lipinski definition) is 2. The topological polar surface area (TPSA) is 32.3 Å². The van der Waals surface area contributed by atoms with E-state index in [0.29, 0.717) is 5.92 Å². The van der Waals surface area contributed by atoms with Crippen LogP contribution in [0.4, 0.5) is 0 Å². The Bertz CT molecular complexity index is 312. The summed E-state index contributed by atoms with van der Waals surface area (Å²) in [5, 5.41) is 13.2. The van der Waals surface area contributed by atoms with E-state index in [0.717, 1.165) is 30.4 Å². The zero-order valence-corrected chi connectivity index (χ0v) is 10.2. The van der Waals surface area contributed by atoms with Gasteiger partial charge in [-0.1, -0.05) is 28.1 Å². The summed E-state index contributed by atoms with van der Waals surface area (Å²) in [5.41, 5.74) is 1.30. The van der Waals surface area contributed by atoms with Crippen LogP contribution in [0.15, 0.2) is 28.7 Å². The molecule has 1 aliphatic heterocycles. The van der Waals surface area contributed by atoms with Crippen molar-refractivity contribution in [1.29, 1.82) is 0 Å². The second-order valence-electron chi connectivity index (χ2n) is 4.15. The Morgan fingerprint density at radius 1 is 1.33 bits per heavy atom. The van der Waals surface area contributed by atoms with Crippen LogP contribution in [0, 0.1) is 5.92 Å². The van der Waals surface area contributed by atoms with Crippen LogP contribution in [-0.2, 0) is 6.42 Å². The van der Waals surface area contributed by atoms with E-state index in [1.165, 1.54) is 5.56 Å². The van der Waals surface area contributed by atoms with Crippen LogP contribution in [0.2, 0.25) is 0 Å². The summed E-state index contributed by atoms with van der Waals surface area (Å²) in [6.45, 7) is 1.87. The molecule has 2 nitrogen and oxygen atoms in total. The molecule has 0 amide bonds. The second kappa shape index (κ2) is 5.10. The van der Waals surface area contributed by atoms with Gasteiger partial charge in [0.05, 0.1) is 6.10 Å². The van der Waals surface area contributed by atoms with E-state index in [9.17, 15) is 5.11 Å². The van der Waals surface area contributed by atoms with Crippen LogP contribution in [0.3, 0.4) is 0 Å². The van der Waals surface area contributed by atoms with Crippen molar-refractivity contribution in [2.24, 2.45) is 5.92 Å². The smallest absolute Gasteiger partial charge is 0.0595 e. The summed E-state index contributed by atoms with van der Waals surface area (Å²) in [5.74, 6) is 0.361. The molecule has 2 atom stereocenters. The van der Waals surface area contributed by atoms with Crippen LogP contribution >= 0.6 is 15.9 Å². The summed E-state index contributed by atoms with van der Waals surface area (Å²) in [6.07, 6.45) is 1.69. The average Bonchev–Trinajstić information content (AvgIpc) is 2.25. The third kappa shape index (κ3) is 3.03. The summed E-state index contributed by atoms with van der Waals surface area (Å²) < 4.78 is 1.11. The van der Waals surface area contributed by atoms with Gasteiger partial charge in [0.15, 0.2) is 0 Å². The summed E-state index contributed by atoms with van der Waals surface area (Å²) >= 11 is 3.42. The maximum absolute atomic E-state index is 9.84. The van der Waals surface area contributed by atoms with Crippen LogP contribution in [0.5, 0.6) is 0 Å². The minimum absolute atomic E-state index is 0.144. The molecule has 1 saturated heterocycles. The van der Waals surface area contributed by atoms with Crippen LogP contribution < -0.4 is 5.32 Å². The van der Waals surface area contributed by atoms with E-state index in [1.54, 1.807) is 0 Å². The van der Waals surface area contributed by atoms with Crippen molar-refractivity contribution in [3.8, 4) is 0 Å².